The predicted octanol–water partition coefficient (Wildman–Crippen LogP) is 1.93. The van der Waals surface area contributed by atoms with Gasteiger partial charge in [-0.3, -0.25) is 9.79 Å². The summed E-state index contributed by atoms with van der Waals surface area (Å²) in [4.78, 5) is 21.2. The van der Waals surface area contributed by atoms with Crippen LogP contribution in [0.4, 0.5) is 5.69 Å². The van der Waals surface area contributed by atoms with Crippen LogP contribution < -0.4 is 10.6 Å². The summed E-state index contributed by atoms with van der Waals surface area (Å²) in [7, 11) is 0. The number of para-hydroxylation sites is 1. The predicted molar refractivity (Wildman–Crippen MR) is 82.0 cm³/mol. The first-order chi connectivity index (χ1) is 9.72. The molecule has 0 saturated carbocycles. The Bertz CT molecular complexity index is 811. The molecule has 0 saturated heterocycles. The van der Waals surface area contributed by atoms with Crippen molar-refractivity contribution in [3.63, 3.8) is 0 Å². The van der Waals surface area contributed by atoms with Crippen molar-refractivity contribution in [1.82, 2.24) is 0 Å². The van der Waals surface area contributed by atoms with Crippen molar-refractivity contribution in [2.24, 2.45) is 15.9 Å². The van der Waals surface area contributed by atoms with E-state index in [1.807, 2.05) is 54.6 Å². The van der Waals surface area contributed by atoms with E-state index in [1.54, 1.807) is 6.21 Å². The van der Waals surface area contributed by atoms with Gasteiger partial charge in [0.05, 0.1) is 17.0 Å². The SMILES string of the molecule is O=C1N=c2ccccc2=CC1C=Nc1cccc(S)c1. The highest BCUT2D eigenvalue weighted by Crippen LogP contribution is 2.16. The number of thiol groups is 1. The van der Waals surface area contributed by atoms with Gasteiger partial charge in [0.15, 0.2) is 0 Å². The van der Waals surface area contributed by atoms with Gasteiger partial charge < -0.3 is 0 Å². The van der Waals surface area contributed by atoms with Gasteiger partial charge in [0, 0.05) is 11.1 Å². The van der Waals surface area contributed by atoms with Crippen LogP contribution in [0.3, 0.4) is 0 Å². The monoisotopic (exact) mass is 280 g/mol. The summed E-state index contributed by atoms with van der Waals surface area (Å²) in [5.74, 6) is -0.594. The minimum Gasteiger partial charge on any atom is -0.271 e. The molecule has 3 rings (SSSR count). The average Bonchev–Trinajstić information content (AvgIpc) is 2.45. The molecular formula is C16H12N2OS. The topological polar surface area (TPSA) is 41.8 Å². The summed E-state index contributed by atoms with van der Waals surface area (Å²) in [6.45, 7) is 0. The van der Waals surface area contributed by atoms with E-state index in [1.165, 1.54) is 0 Å². The van der Waals surface area contributed by atoms with E-state index in [2.05, 4.69) is 22.6 Å². The number of benzene rings is 2. The van der Waals surface area contributed by atoms with Crippen LogP contribution in [0.15, 0.2) is 63.4 Å². The van der Waals surface area contributed by atoms with Gasteiger partial charge in [-0.1, -0.05) is 30.3 Å². The fraction of sp³-hybridized carbons (Fsp3) is 0.0625. The van der Waals surface area contributed by atoms with Crippen LogP contribution in [0, 0.1) is 5.92 Å². The maximum absolute atomic E-state index is 11.9. The van der Waals surface area contributed by atoms with Crippen LogP contribution in [-0.4, -0.2) is 12.1 Å². The number of hydrogen-bond donors (Lipinski definition) is 1. The molecule has 20 heavy (non-hydrogen) atoms. The molecule has 0 bridgehead atoms. The van der Waals surface area contributed by atoms with Crippen molar-refractivity contribution in [2.75, 3.05) is 0 Å². The van der Waals surface area contributed by atoms with Gasteiger partial charge in [-0.05, 0) is 29.5 Å². The fourth-order valence-corrected chi connectivity index (χ4v) is 2.25. The second kappa shape index (κ2) is 5.43. The molecule has 1 unspecified atom stereocenters. The summed E-state index contributed by atoms with van der Waals surface area (Å²) in [5, 5.41) is 1.69. The van der Waals surface area contributed by atoms with Crippen molar-refractivity contribution in [1.29, 1.82) is 0 Å². The van der Waals surface area contributed by atoms with Crippen LogP contribution >= 0.6 is 12.6 Å². The van der Waals surface area contributed by atoms with Gasteiger partial charge in [0.25, 0.3) is 5.91 Å². The maximum atomic E-state index is 11.9. The Labute approximate surface area is 121 Å². The number of nitrogens with zero attached hydrogens (tertiary/aromatic N) is 2. The summed E-state index contributed by atoms with van der Waals surface area (Å²) >= 11 is 4.26. The van der Waals surface area contributed by atoms with Crippen molar-refractivity contribution in [3.05, 3.63) is 59.1 Å². The summed E-state index contributed by atoms with van der Waals surface area (Å²) in [5.41, 5.74) is 0.776. The quantitative estimate of drug-likeness (QED) is 0.663. The summed E-state index contributed by atoms with van der Waals surface area (Å²) < 4.78 is 0. The Morgan fingerprint density at radius 2 is 2.00 bits per heavy atom. The maximum Gasteiger partial charge on any atom is 0.258 e. The van der Waals surface area contributed by atoms with E-state index in [9.17, 15) is 4.79 Å². The van der Waals surface area contributed by atoms with Gasteiger partial charge in [0.2, 0.25) is 0 Å². The lowest BCUT2D eigenvalue weighted by Crippen LogP contribution is -2.33. The highest BCUT2D eigenvalue weighted by Gasteiger charge is 2.15. The highest BCUT2D eigenvalue weighted by molar-refractivity contribution is 7.80. The number of carbonyl (C=O) groups excluding carboxylic acids is 1. The third-order valence-electron chi connectivity index (χ3n) is 3.03. The molecule has 2 aromatic rings. The Hall–Kier alpha value is -2.20. The molecule has 1 aliphatic rings. The summed E-state index contributed by atoms with van der Waals surface area (Å²) in [6.07, 6.45) is 3.52. The van der Waals surface area contributed by atoms with E-state index >= 15 is 0 Å². The van der Waals surface area contributed by atoms with Crippen molar-refractivity contribution < 1.29 is 4.79 Å². The van der Waals surface area contributed by atoms with Crippen molar-refractivity contribution in [3.8, 4) is 0 Å². The molecule has 98 valence electrons. The second-order valence-electron chi connectivity index (χ2n) is 4.50. The molecule has 1 heterocycles. The lowest BCUT2D eigenvalue weighted by molar-refractivity contribution is -0.118. The highest BCUT2D eigenvalue weighted by atomic mass is 32.1. The Balaban J connectivity index is 1.93. The number of rotatable bonds is 2. The van der Waals surface area contributed by atoms with Gasteiger partial charge in [-0.2, -0.15) is 0 Å². The minimum absolute atomic E-state index is 0.186. The van der Waals surface area contributed by atoms with Crippen LogP contribution in [0.1, 0.15) is 0 Å². The molecule has 1 amide bonds. The molecule has 3 nitrogen and oxygen atoms in total. The summed E-state index contributed by atoms with van der Waals surface area (Å²) in [6, 6.07) is 15.1. The zero-order valence-electron chi connectivity index (χ0n) is 10.6. The molecule has 0 radical (unpaired) electrons. The molecule has 0 spiro atoms. The second-order valence-corrected chi connectivity index (χ2v) is 5.02. The number of fused-ring (bicyclic) bond motifs is 1. The number of aliphatic imine (C=N–C) groups is 1. The van der Waals surface area contributed by atoms with Crippen LogP contribution in [0.2, 0.25) is 0 Å². The Morgan fingerprint density at radius 1 is 1.15 bits per heavy atom. The average molecular weight is 280 g/mol. The van der Waals surface area contributed by atoms with E-state index in [0.717, 1.165) is 21.2 Å². The fourth-order valence-electron chi connectivity index (χ4n) is 2.03. The molecule has 0 aliphatic carbocycles. The molecule has 2 aromatic carbocycles. The molecule has 4 heteroatoms. The van der Waals surface area contributed by atoms with Crippen LogP contribution in [-0.2, 0) is 4.79 Å². The van der Waals surface area contributed by atoms with E-state index in [0.29, 0.717) is 0 Å². The van der Waals surface area contributed by atoms with E-state index in [-0.39, 0.29) is 5.91 Å². The van der Waals surface area contributed by atoms with Gasteiger partial charge in [-0.25, -0.2) is 4.99 Å². The molecular weight excluding hydrogens is 268 g/mol. The molecule has 0 fully saturated rings. The molecule has 0 aromatic heterocycles. The number of amides is 1. The third kappa shape index (κ3) is 2.70. The van der Waals surface area contributed by atoms with Crippen LogP contribution in [0.25, 0.3) is 6.08 Å². The number of hydrogen-bond acceptors (Lipinski definition) is 3. The van der Waals surface area contributed by atoms with E-state index in [4.69, 9.17) is 0 Å². The van der Waals surface area contributed by atoms with Crippen molar-refractivity contribution in [2.45, 2.75) is 4.90 Å². The van der Waals surface area contributed by atoms with Crippen molar-refractivity contribution >= 4 is 36.5 Å². The zero-order chi connectivity index (χ0) is 13.9. The normalized spacial score (nSPS) is 17.4. The largest absolute Gasteiger partial charge is 0.271 e. The van der Waals surface area contributed by atoms with E-state index < -0.39 is 5.92 Å². The first-order valence-electron chi connectivity index (χ1n) is 6.25. The first kappa shape index (κ1) is 12.8. The Kier molecular flexibility index (Phi) is 3.48. The smallest absolute Gasteiger partial charge is 0.258 e. The molecule has 1 aliphatic heterocycles. The number of carbonyl (C=O) groups is 1. The first-order valence-corrected chi connectivity index (χ1v) is 6.70. The lowest BCUT2D eigenvalue weighted by Gasteiger charge is -2.06. The van der Waals surface area contributed by atoms with Gasteiger partial charge in [-0.15, -0.1) is 12.6 Å². The van der Waals surface area contributed by atoms with Crippen LogP contribution in [0.5, 0.6) is 0 Å². The molecule has 0 N–H and O–H groups in total. The minimum atomic E-state index is -0.409. The van der Waals surface area contributed by atoms with Gasteiger partial charge >= 0.3 is 0 Å². The third-order valence-corrected chi connectivity index (χ3v) is 3.30. The zero-order valence-corrected chi connectivity index (χ0v) is 11.5. The standard InChI is InChI=1S/C16H12N2OS/c19-16-12(8-11-4-1-2-7-15(11)18-16)10-17-13-5-3-6-14(20)9-13/h1-10,12,20H. The molecule has 1 atom stereocenters. The van der Waals surface area contributed by atoms with Gasteiger partial charge in [0.1, 0.15) is 0 Å². The lowest BCUT2D eigenvalue weighted by atomic mass is 10.1. The Morgan fingerprint density at radius 3 is 2.85 bits per heavy atom.